The molecule has 0 bridgehead atoms. The third kappa shape index (κ3) is 5.16. The van der Waals surface area contributed by atoms with Gasteiger partial charge in [0.15, 0.2) is 6.29 Å². The van der Waals surface area contributed by atoms with E-state index in [1.165, 1.54) is 64.2 Å². The zero-order valence-electron chi connectivity index (χ0n) is 31.0. The van der Waals surface area contributed by atoms with Crippen molar-refractivity contribution in [3.8, 4) is 0 Å². The Hall–Kier alpha value is -1.22. The molecular formula is C41H64N2O6. The maximum atomic E-state index is 12.9. The van der Waals surface area contributed by atoms with E-state index in [1.54, 1.807) is 0 Å². The molecule has 6 aliphatic carbocycles. The lowest BCUT2D eigenvalue weighted by molar-refractivity contribution is -0.246. The van der Waals surface area contributed by atoms with Crippen molar-refractivity contribution in [1.29, 1.82) is 0 Å². The van der Waals surface area contributed by atoms with E-state index in [1.807, 2.05) is 9.80 Å². The predicted octanol–water partition coefficient (Wildman–Crippen LogP) is 6.59. The molecule has 0 aromatic carbocycles. The monoisotopic (exact) mass is 680 g/mol. The van der Waals surface area contributed by atoms with E-state index in [-0.39, 0.29) is 29.8 Å². The third-order valence-corrected chi connectivity index (χ3v) is 17.3. The van der Waals surface area contributed by atoms with Crippen molar-refractivity contribution in [1.82, 2.24) is 9.80 Å². The Morgan fingerprint density at radius 1 is 0.776 bits per heavy atom. The van der Waals surface area contributed by atoms with Gasteiger partial charge in [-0.25, -0.2) is 0 Å². The maximum absolute atomic E-state index is 12.9. The average Bonchev–Trinajstić information content (AvgIpc) is 4.01. The Kier molecular flexibility index (Phi) is 8.16. The van der Waals surface area contributed by atoms with Crippen molar-refractivity contribution in [2.24, 2.45) is 50.7 Å². The molecule has 3 saturated heterocycles. The van der Waals surface area contributed by atoms with Crippen LogP contribution in [0.25, 0.3) is 0 Å². The van der Waals surface area contributed by atoms with Crippen LogP contribution in [0, 0.1) is 50.7 Å². The molecule has 8 nitrogen and oxygen atoms in total. The molecule has 9 aliphatic rings. The van der Waals surface area contributed by atoms with E-state index in [0.29, 0.717) is 97.2 Å². The molecule has 0 radical (unpaired) electrons. The fourth-order valence-electron chi connectivity index (χ4n) is 14.3. The molecule has 2 amide bonds. The van der Waals surface area contributed by atoms with Crippen LogP contribution in [-0.4, -0.2) is 92.2 Å². The first-order chi connectivity index (χ1) is 23.5. The van der Waals surface area contributed by atoms with Crippen molar-refractivity contribution in [3.63, 3.8) is 0 Å². The van der Waals surface area contributed by atoms with E-state index in [4.69, 9.17) is 18.9 Å². The van der Waals surface area contributed by atoms with Crippen molar-refractivity contribution < 1.29 is 28.5 Å². The normalized spacial score (nSPS) is 48.4. The van der Waals surface area contributed by atoms with Crippen LogP contribution in [0.4, 0.5) is 0 Å². The molecule has 11 atom stereocenters. The van der Waals surface area contributed by atoms with Gasteiger partial charge in [0.1, 0.15) is 0 Å². The third-order valence-electron chi connectivity index (χ3n) is 17.3. The molecule has 9 rings (SSSR count). The van der Waals surface area contributed by atoms with Crippen molar-refractivity contribution in [2.45, 2.75) is 149 Å². The number of amides is 2. The number of hydrogen-bond donors (Lipinski definition) is 0. The number of carbonyl (C=O) groups is 2. The van der Waals surface area contributed by atoms with Crippen molar-refractivity contribution in [2.75, 3.05) is 46.0 Å². The summed E-state index contributed by atoms with van der Waals surface area (Å²) in [6, 6.07) is 0. The zero-order chi connectivity index (χ0) is 33.8. The molecule has 0 aromatic rings. The highest BCUT2D eigenvalue weighted by Crippen LogP contribution is 2.89. The summed E-state index contributed by atoms with van der Waals surface area (Å²) in [6.45, 7) is 15.0. The highest BCUT2D eigenvalue weighted by atomic mass is 16.7. The molecule has 7 unspecified atom stereocenters. The Morgan fingerprint density at radius 2 is 1.53 bits per heavy atom. The number of carbonyl (C=O) groups excluding carboxylic acids is 2. The number of fused-ring (bicyclic) bond motifs is 4. The highest BCUT2D eigenvalue weighted by Gasteiger charge is 2.83. The van der Waals surface area contributed by atoms with E-state index >= 15 is 0 Å². The Bertz CT molecular complexity index is 1310. The van der Waals surface area contributed by atoms with Gasteiger partial charge < -0.3 is 28.7 Å². The lowest BCUT2D eigenvalue weighted by Crippen LogP contribution is -2.58. The molecule has 0 aromatic heterocycles. The molecule has 3 heterocycles. The largest absolute Gasteiger partial charge is 0.378 e. The lowest BCUT2D eigenvalue weighted by atomic mass is 9.42. The van der Waals surface area contributed by atoms with Crippen LogP contribution in [0.3, 0.4) is 0 Å². The van der Waals surface area contributed by atoms with Gasteiger partial charge in [-0.3, -0.25) is 9.59 Å². The van der Waals surface area contributed by atoms with Gasteiger partial charge >= 0.3 is 0 Å². The Balaban J connectivity index is 0.857. The standard InChI is InChI=1S/C41H64N2O6/c1-37(2)31-10-11-32-39(4)24-30-29(9-7-28(48-30)8-12-34(44)42-17-20-46-21-18-42)38(39,3)15-16-41(32)26-40(31,41)14-13-33(37)49-36-25-43(19-22-47-36)35(45)23-27-5-6-27/h27-33,36H,5-26H2,1-4H3/t28?,29-,30?,31?,32?,33?,36?,38?,39-,40+,41-/m0/s1. The molecule has 2 spiro atoms. The minimum absolute atomic E-state index is 0.0939. The quantitative estimate of drug-likeness (QED) is 0.302. The number of hydrogen-bond acceptors (Lipinski definition) is 6. The zero-order valence-corrected chi connectivity index (χ0v) is 31.0. The smallest absolute Gasteiger partial charge is 0.223 e. The minimum atomic E-state index is -0.294. The van der Waals surface area contributed by atoms with Crippen LogP contribution in [0.1, 0.15) is 124 Å². The van der Waals surface area contributed by atoms with E-state index in [2.05, 4.69) is 27.7 Å². The van der Waals surface area contributed by atoms with E-state index in [9.17, 15) is 9.59 Å². The van der Waals surface area contributed by atoms with Gasteiger partial charge in [-0.05, 0) is 134 Å². The number of rotatable bonds is 7. The summed E-state index contributed by atoms with van der Waals surface area (Å²) in [5.41, 5.74) is 1.70. The van der Waals surface area contributed by atoms with Crippen LogP contribution in [0.5, 0.6) is 0 Å². The summed E-state index contributed by atoms with van der Waals surface area (Å²) in [4.78, 5) is 29.8. The van der Waals surface area contributed by atoms with Gasteiger partial charge in [-0.2, -0.15) is 0 Å². The summed E-state index contributed by atoms with van der Waals surface area (Å²) < 4.78 is 25.5. The van der Waals surface area contributed by atoms with E-state index in [0.717, 1.165) is 38.3 Å². The highest BCUT2D eigenvalue weighted by molar-refractivity contribution is 5.77. The SMILES string of the molecule is CC1(C)C(OC2CN(C(=O)CC3CC3)CCO2)CC[C@]23C[C@]24CCC2(C)[C@H]5CCC(CCC(=O)N6CCOCC6)OC5C[C@@]2(C)C4CCC13. The second-order valence-corrected chi connectivity index (χ2v) is 19.5. The lowest BCUT2D eigenvalue weighted by Gasteiger charge is -2.63. The molecule has 274 valence electrons. The first-order valence-electron chi connectivity index (χ1n) is 20.5. The molecule has 6 saturated carbocycles. The summed E-state index contributed by atoms with van der Waals surface area (Å²) in [5.74, 6) is 3.31. The average molecular weight is 681 g/mol. The molecule has 8 heteroatoms. The van der Waals surface area contributed by atoms with Gasteiger partial charge in [-0.15, -0.1) is 0 Å². The number of morpholine rings is 2. The molecule has 0 N–H and O–H groups in total. The van der Waals surface area contributed by atoms with Crippen molar-refractivity contribution >= 4 is 11.8 Å². The number of nitrogens with zero attached hydrogens (tertiary/aromatic N) is 2. The fourth-order valence-corrected chi connectivity index (χ4v) is 14.3. The Morgan fingerprint density at radius 3 is 2.33 bits per heavy atom. The van der Waals surface area contributed by atoms with Gasteiger partial charge in [-0.1, -0.05) is 27.7 Å². The summed E-state index contributed by atoms with van der Waals surface area (Å²) >= 11 is 0. The fraction of sp³-hybridized carbons (Fsp3) is 0.951. The second-order valence-electron chi connectivity index (χ2n) is 19.5. The minimum Gasteiger partial charge on any atom is -0.378 e. The van der Waals surface area contributed by atoms with Crippen LogP contribution in [-0.2, 0) is 28.5 Å². The second kappa shape index (κ2) is 11.9. The summed E-state index contributed by atoms with van der Waals surface area (Å²) in [5, 5.41) is 0. The molecular weight excluding hydrogens is 616 g/mol. The number of ether oxygens (including phenoxy) is 4. The first kappa shape index (κ1) is 33.6. The molecule has 9 fully saturated rings. The summed E-state index contributed by atoms with van der Waals surface area (Å²) in [6.07, 6.45) is 17.9. The van der Waals surface area contributed by atoms with Crippen LogP contribution in [0.2, 0.25) is 0 Å². The Labute approximate surface area is 295 Å². The van der Waals surface area contributed by atoms with Crippen LogP contribution >= 0.6 is 0 Å². The van der Waals surface area contributed by atoms with E-state index < -0.39 is 0 Å². The van der Waals surface area contributed by atoms with Gasteiger partial charge in [0, 0.05) is 32.5 Å². The van der Waals surface area contributed by atoms with Gasteiger partial charge in [0.2, 0.25) is 11.8 Å². The van der Waals surface area contributed by atoms with Crippen molar-refractivity contribution in [3.05, 3.63) is 0 Å². The molecule has 3 aliphatic heterocycles. The van der Waals surface area contributed by atoms with Gasteiger partial charge in [0.25, 0.3) is 0 Å². The maximum Gasteiger partial charge on any atom is 0.223 e. The first-order valence-corrected chi connectivity index (χ1v) is 20.5. The van der Waals surface area contributed by atoms with Gasteiger partial charge in [0.05, 0.1) is 44.7 Å². The molecule has 49 heavy (non-hydrogen) atoms. The predicted molar refractivity (Wildman–Crippen MR) is 185 cm³/mol. The van der Waals surface area contributed by atoms with Crippen LogP contribution in [0.15, 0.2) is 0 Å². The summed E-state index contributed by atoms with van der Waals surface area (Å²) in [7, 11) is 0. The van der Waals surface area contributed by atoms with Crippen LogP contribution < -0.4 is 0 Å². The topological polar surface area (TPSA) is 77.5 Å².